The second kappa shape index (κ2) is 5.41. The van der Waals surface area contributed by atoms with E-state index in [4.69, 9.17) is 18.0 Å². The average molecular weight is 240 g/mol. The van der Waals surface area contributed by atoms with Crippen LogP contribution in [0.1, 0.15) is 25.2 Å². The Morgan fingerprint density at radius 1 is 1.69 bits per heavy atom. The van der Waals surface area contributed by atoms with Crippen molar-refractivity contribution in [3.05, 3.63) is 17.5 Å². The van der Waals surface area contributed by atoms with Crippen molar-refractivity contribution >= 4 is 17.2 Å². The molecule has 0 fully saturated rings. The van der Waals surface area contributed by atoms with Gasteiger partial charge in [-0.3, -0.25) is 9.58 Å². The van der Waals surface area contributed by atoms with Crippen LogP contribution >= 0.6 is 12.2 Å². The van der Waals surface area contributed by atoms with E-state index in [1.807, 2.05) is 25.7 Å². The highest BCUT2D eigenvalue weighted by Crippen LogP contribution is 2.08. The van der Waals surface area contributed by atoms with Crippen molar-refractivity contribution in [1.29, 1.82) is 0 Å². The number of likely N-dealkylation sites (N-methyl/N-ethyl adjacent to an activating group) is 1. The maximum Gasteiger partial charge on any atom is 0.0899 e. The van der Waals surface area contributed by atoms with Gasteiger partial charge < -0.3 is 5.73 Å². The zero-order valence-electron chi connectivity index (χ0n) is 10.4. The number of hydrogen-bond donors (Lipinski definition) is 1. The van der Waals surface area contributed by atoms with Gasteiger partial charge in [0.2, 0.25) is 0 Å². The van der Waals surface area contributed by atoms with Crippen molar-refractivity contribution in [3.63, 3.8) is 0 Å². The zero-order valence-corrected chi connectivity index (χ0v) is 11.2. The molecular formula is C11H20N4S. The first-order chi connectivity index (χ1) is 7.45. The molecule has 1 atom stereocenters. The molecule has 5 heteroatoms. The van der Waals surface area contributed by atoms with Gasteiger partial charge in [0.1, 0.15) is 0 Å². The summed E-state index contributed by atoms with van der Waals surface area (Å²) in [6.45, 7) is 4.93. The lowest BCUT2D eigenvalue weighted by atomic mass is 10.2. The molecule has 0 spiro atoms. The molecule has 0 amide bonds. The first-order valence-electron chi connectivity index (χ1n) is 5.47. The summed E-state index contributed by atoms with van der Waals surface area (Å²) in [5, 5.41) is 4.41. The maximum absolute atomic E-state index is 5.63. The molecule has 0 radical (unpaired) electrons. The molecule has 4 nitrogen and oxygen atoms in total. The number of thiocarbonyl (C=S) groups is 1. The van der Waals surface area contributed by atoms with Crippen LogP contribution in [-0.4, -0.2) is 32.8 Å². The predicted molar refractivity (Wildman–Crippen MR) is 70.3 cm³/mol. The Morgan fingerprint density at radius 2 is 2.31 bits per heavy atom. The van der Waals surface area contributed by atoms with Crippen LogP contribution in [0.25, 0.3) is 0 Å². The van der Waals surface area contributed by atoms with Crippen LogP contribution in [0.5, 0.6) is 0 Å². The van der Waals surface area contributed by atoms with E-state index in [1.54, 1.807) is 0 Å². The van der Waals surface area contributed by atoms with Gasteiger partial charge in [-0.1, -0.05) is 19.1 Å². The lowest BCUT2D eigenvalue weighted by Crippen LogP contribution is -2.38. The summed E-state index contributed by atoms with van der Waals surface area (Å²) < 4.78 is 1.92. The van der Waals surface area contributed by atoms with Crippen LogP contribution in [-0.2, 0) is 20.0 Å². The van der Waals surface area contributed by atoms with Crippen molar-refractivity contribution in [1.82, 2.24) is 14.7 Å². The van der Waals surface area contributed by atoms with E-state index < -0.39 is 0 Å². The van der Waals surface area contributed by atoms with Crippen LogP contribution in [0.2, 0.25) is 0 Å². The molecular weight excluding hydrogens is 220 g/mol. The van der Waals surface area contributed by atoms with Gasteiger partial charge in [-0.15, -0.1) is 0 Å². The molecule has 0 saturated carbocycles. The first-order valence-corrected chi connectivity index (χ1v) is 5.87. The molecule has 0 aliphatic carbocycles. The Bertz CT molecular complexity index is 372. The molecule has 1 aromatic rings. The number of aryl methyl sites for hydroxylation is 2. The summed E-state index contributed by atoms with van der Waals surface area (Å²) in [5.74, 6) is 0. The summed E-state index contributed by atoms with van der Waals surface area (Å²) in [4.78, 5) is 2.65. The molecule has 1 aromatic heterocycles. The van der Waals surface area contributed by atoms with E-state index in [-0.39, 0.29) is 6.04 Å². The molecule has 16 heavy (non-hydrogen) atoms. The highest BCUT2D eigenvalue weighted by Gasteiger charge is 2.14. The lowest BCUT2D eigenvalue weighted by molar-refractivity contribution is 0.295. The fraction of sp³-hybridized carbons (Fsp3) is 0.636. The van der Waals surface area contributed by atoms with E-state index in [2.05, 4.69) is 23.0 Å². The summed E-state index contributed by atoms with van der Waals surface area (Å²) >= 11 is 4.99. The fourth-order valence-electron chi connectivity index (χ4n) is 1.50. The second-order valence-corrected chi connectivity index (χ2v) is 4.57. The normalized spacial score (nSPS) is 13.1. The molecule has 1 heterocycles. The van der Waals surface area contributed by atoms with E-state index in [0.717, 1.165) is 18.7 Å². The Labute approximate surface area is 102 Å². The van der Waals surface area contributed by atoms with Gasteiger partial charge in [0, 0.05) is 13.6 Å². The van der Waals surface area contributed by atoms with Gasteiger partial charge >= 0.3 is 0 Å². The number of aromatic nitrogens is 2. The maximum atomic E-state index is 5.63. The van der Waals surface area contributed by atoms with Gasteiger partial charge in [-0.2, -0.15) is 5.10 Å². The SMILES string of the molecule is CCc1cc(CN(C)C(C)C(N)=S)n(C)n1. The standard InChI is InChI=1S/C11H20N4S/c1-5-9-6-10(15(4)13-9)7-14(3)8(2)11(12)16/h6,8H,5,7H2,1-4H3,(H2,12,16). The van der Waals surface area contributed by atoms with Crippen LogP contribution in [0.15, 0.2) is 6.07 Å². The van der Waals surface area contributed by atoms with Gasteiger partial charge in [-0.25, -0.2) is 0 Å². The Kier molecular flexibility index (Phi) is 4.44. The van der Waals surface area contributed by atoms with E-state index in [1.165, 1.54) is 5.69 Å². The van der Waals surface area contributed by atoms with E-state index in [9.17, 15) is 0 Å². The van der Waals surface area contributed by atoms with Crippen LogP contribution in [0, 0.1) is 0 Å². The summed E-state index contributed by atoms with van der Waals surface area (Å²) in [5.41, 5.74) is 7.93. The van der Waals surface area contributed by atoms with E-state index in [0.29, 0.717) is 4.99 Å². The first kappa shape index (κ1) is 13.1. The summed E-state index contributed by atoms with van der Waals surface area (Å²) in [7, 11) is 3.98. The number of nitrogens with zero attached hydrogens (tertiary/aromatic N) is 3. The van der Waals surface area contributed by atoms with Crippen molar-refractivity contribution in [2.45, 2.75) is 32.9 Å². The number of hydrogen-bond acceptors (Lipinski definition) is 3. The highest BCUT2D eigenvalue weighted by molar-refractivity contribution is 7.80. The van der Waals surface area contributed by atoms with E-state index >= 15 is 0 Å². The Morgan fingerprint density at radius 3 is 2.75 bits per heavy atom. The van der Waals surface area contributed by atoms with Crippen molar-refractivity contribution < 1.29 is 0 Å². The third-order valence-corrected chi connectivity index (χ3v) is 3.21. The largest absolute Gasteiger partial charge is 0.392 e. The monoisotopic (exact) mass is 240 g/mol. The molecule has 0 bridgehead atoms. The van der Waals surface area contributed by atoms with Crippen LogP contribution < -0.4 is 5.73 Å². The average Bonchev–Trinajstić information content (AvgIpc) is 2.58. The zero-order chi connectivity index (χ0) is 12.3. The third kappa shape index (κ3) is 3.02. The molecule has 1 rings (SSSR count). The molecule has 2 N–H and O–H groups in total. The molecule has 0 aliphatic heterocycles. The summed E-state index contributed by atoms with van der Waals surface area (Å²) in [6.07, 6.45) is 0.961. The second-order valence-electron chi connectivity index (χ2n) is 4.10. The fourth-order valence-corrected chi connectivity index (χ4v) is 1.68. The smallest absolute Gasteiger partial charge is 0.0899 e. The quantitative estimate of drug-likeness (QED) is 0.783. The minimum absolute atomic E-state index is 0.106. The highest BCUT2D eigenvalue weighted by atomic mass is 32.1. The van der Waals surface area contributed by atoms with Gasteiger partial charge in [0.25, 0.3) is 0 Å². The molecule has 0 saturated heterocycles. The molecule has 0 aliphatic rings. The Hall–Kier alpha value is -0.940. The topological polar surface area (TPSA) is 47.1 Å². The van der Waals surface area contributed by atoms with Crippen molar-refractivity contribution in [2.75, 3.05) is 7.05 Å². The summed E-state index contributed by atoms with van der Waals surface area (Å²) in [6, 6.07) is 2.23. The van der Waals surface area contributed by atoms with Crippen molar-refractivity contribution in [2.24, 2.45) is 12.8 Å². The number of rotatable bonds is 5. The van der Waals surface area contributed by atoms with Gasteiger partial charge in [-0.05, 0) is 26.5 Å². The minimum Gasteiger partial charge on any atom is -0.392 e. The minimum atomic E-state index is 0.106. The lowest BCUT2D eigenvalue weighted by Gasteiger charge is -2.23. The van der Waals surface area contributed by atoms with Crippen molar-refractivity contribution in [3.8, 4) is 0 Å². The third-order valence-electron chi connectivity index (χ3n) is 2.87. The molecule has 1 unspecified atom stereocenters. The van der Waals surface area contributed by atoms with Crippen LogP contribution in [0.3, 0.4) is 0 Å². The molecule has 0 aromatic carbocycles. The van der Waals surface area contributed by atoms with Gasteiger partial charge in [0.05, 0.1) is 22.4 Å². The Balaban J connectivity index is 2.72. The predicted octanol–water partition coefficient (Wildman–Crippen LogP) is 1.09. The molecule has 90 valence electrons. The number of nitrogens with two attached hydrogens (primary N) is 1. The van der Waals surface area contributed by atoms with Gasteiger partial charge in [0.15, 0.2) is 0 Å². The van der Waals surface area contributed by atoms with Crippen LogP contribution in [0.4, 0.5) is 0 Å².